The summed E-state index contributed by atoms with van der Waals surface area (Å²) in [7, 11) is 0. The van der Waals surface area contributed by atoms with E-state index in [2.05, 4.69) is 10.3 Å². The second kappa shape index (κ2) is 8.69. The second-order valence-corrected chi connectivity index (χ2v) is 7.67. The Morgan fingerprint density at radius 3 is 2.71 bits per heavy atom. The normalized spacial score (nSPS) is 15.9. The van der Waals surface area contributed by atoms with E-state index >= 15 is 0 Å². The van der Waals surface area contributed by atoms with Gasteiger partial charge in [-0.1, -0.05) is 6.07 Å². The minimum absolute atomic E-state index is 0.0306. The molecule has 24 heavy (non-hydrogen) atoms. The van der Waals surface area contributed by atoms with Gasteiger partial charge < -0.3 is 10.1 Å². The van der Waals surface area contributed by atoms with E-state index in [1.54, 1.807) is 6.20 Å². The summed E-state index contributed by atoms with van der Waals surface area (Å²) in [5.41, 5.74) is 0.848. The predicted octanol–water partition coefficient (Wildman–Crippen LogP) is 4.09. The van der Waals surface area contributed by atoms with Gasteiger partial charge in [0.25, 0.3) is 0 Å². The molecular formula is C17H18F2N2OS2. The van der Waals surface area contributed by atoms with Crippen LogP contribution in [0.15, 0.2) is 36.5 Å². The molecule has 1 aliphatic rings. The fourth-order valence-corrected chi connectivity index (χ4v) is 4.77. The number of aromatic nitrogens is 1. The molecule has 128 valence electrons. The van der Waals surface area contributed by atoms with Crippen molar-refractivity contribution in [3.05, 3.63) is 53.7 Å². The van der Waals surface area contributed by atoms with E-state index in [0.29, 0.717) is 18.5 Å². The first-order chi connectivity index (χ1) is 11.7. The van der Waals surface area contributed by atoms with Gasteiger partial charge in [0.2, 0.25) is 5.88 Å². The molecular weight excluding hydrogens is 350 g/mol. The van der Waals surface area contributed by atoms with Crippen molar-refractivity contribution in [3.8, 4) is 11.6 Å². The Morgan fingerprint density at radius 2 is 1.96 bits per heavy atom. The maximum absolute atomic E-state index is 13.8. The molecule has 0 atom stereocenters. The molecule has 0 radical (unpaired) electrons. The van der Waals surface area contributed by atoms with Crippen molar-refractivity contribution in [2.24, 2.45) is 0 Å². The highest BCUT2D eigenvalue weighted by Crippen LogP contribution is 2.26. The molecule has 1 aromatic carbocycles. The van der Waals surface area contributed by atoms with Crippen molar-refractivity contribution in [1.82, 2.24) is 10.3 Å². The van der Waals surface area contributed by atoms with Crippen LogP contribution < -0.4 is 10.1 Å². The third kappa shape index (κ3) is 4.84. The molecule has 0 unspecified atom stereocenters. The lowest BCUT2D eigenvalue weighted by molar-refractivity contribution is 0.416. The van der Waals surface area contributed by atoms with Crippen LogP contribution >= 0.6 is 23.5 Å². The van der Waals surface area contributed by atoms with E-state index < -0.39 is 11.6 Å². The maximum atomic E-state index is 13.8. The number of hydrogen-bond acceptors (Lipinski definition) is 5. The fraction of sp³-hybridized carbons (Fsp3) is 0.353. The van der Waals surface area contributed by atoms with Gasteiger partial charge in [-0.3, -0.25) is 0 Å². The molecule has 1 aromatic heterocycles. The van der Waals surface area contributed by atoms with Crippen molar-refractivity contribution in [2.75, 3.05) is 23.0 Å². The minimum Gasteiger partial charge on any atom is -0.436 e. The molecule has 1 N–H and O–H groups in total. The van der Waals surface area contributed by atoms with Crippen LogP contribution in [0.1, 0.15) is 5.56 Å². The van der Waals surface area contributed by atoms with Crippen LogP contribution in [0.2, 0.25) is 0 Å². The van der Waals surface area contributed by atoms with Gasteiger partial charge in [-0.15, -0.1) is 0 Å². The maximum Gasteiger partial charge on any atom is 0.223 e. The van der Waals surface area contributed by atoms with Crippen molar-refractivity contribution in [3.63, 3.8) is 0 Å². The second-order valence-electron chi connectivity index (χ2n) is 5.37. The summed E-state index contributed by atoms with van der Waals surface area (Å²) < 4.78 is 32.3. The zero-order chi connectivity index (χ0) is 16.8. The molecule has 7 heteroatoms. The lowest BCUT2D eigenvalue weighted by Crippen LogP contribution is -2.32. The van der Waals surface area contributed by atoms with Gasteiger partial charge >= 0.3 is 0 Å². The molecule has 0 saturated carbocycles. The van der Waals surface area contributed by atoms with E-state index in [9.17, 15) is 8.78 Å². The van der Waals surface area contributed by atoms with Crippen LogP contribution in [-0.2, 0) is 6.54 Å². The molecule has 0 amide bonds. The Kier molecular flexibility index (Phi) is 6.34. The summed E-state index contributed by atoms with van der Waals surface area (Å²) >= 11 is 3.91. The third-order valence-electron chi connectivity index (χ3n) is 3.54. The third-order valence-corrected chi connectivity index (χ3v) is 6.06. The molecule has 2 heterocycles. The summed E-state index contributed by atoms with van der Waals surface area (Å²) in [6.07, 6.45) is 1.59. The summed E-state index contributed by atoms with van der Waals surface area (Å²) in [4.78, 5) is 4.19. The number of ether oxygens (including phenoxy) is 1. The highest BCUT2D eigenvalue weighted by molar-refractivity contribution is 8.03. The molecule has 1 aliphatic heterocycles. The Labute approximate surface area is 148 Å². The summed E-state index contributed by atoms with van der Waals surface area (Å²) in [5.74, 6) is 3.47. The largest absolute Gasteiger partial charge is 0.436 e. The summed E-state index contributed by atoms with van der Waals surface area (Å²) in [6, 6.07) is 7.39. The van der Waals surface area contributed by atoms with Crippen LogP contribution in [0.4, 0.5) is 8.78 Å². The first kappa shape index (κ1) is 17.5. The van der Waals surface area contributed by atoms with Gasteiger partial charge in [-0.05, 0) is 18.2 Å². The monoisotopic (exact) mass is 368 g/mol. The van der Waals surface area contributed by atoms with Gasteiger partial charge in [-0.25, -0.2) is 13.8 Å². The van der Waals surface area contributed by atoms with Crippen LogP contribution in [-0.4, -0.2) is 34.0 Å². The molecule has 2 aromatic rings. The predicted molar refractivity (Wildman–Crippen MR) is 95.9 cm³/mol. The zero-order valence-corrected chi connectivity index (χ0v) is 14.6. The smallest absolute Gasteiger partial charge is 0.223 e. The lowest BCUT2D eigenvalue weighted by atomic mass is 10.2. The fourth-order valence-electron chi connectivity index (χ4n) is 2.30. The van der Waals surface area contributed by atoms with Crippen LogP contribution in [0.25, 0.3) is 0 Å². The molecule has 3 nitrogen and oxygen atoms in total. The number of benzene rings is 1. The van der Waals surface area contributed by atoms with Crippen LogP contribution in [0.3, 0.4) is 0 Å². The van der Waals surface area contributed by atoms with Crippen molar-refractivity contribution in [2.45, 2.75) is 12.6 Å². The number of thioether (sulfide) groups is 2. The van der Waals surface area contributed by atoms with Crippen molar-refractivity contribution in [1.29, 1.82) is 0 Å². The Balaban J connectivity index is 1.68. The topological polar surface area (TPSA) is 34.1 Å². The highest BCUT2D eigenvalue weighted by atomic mass is 32.2. The van der Waals surface area contributed by atoms with E-state index in [-0.39, 0.29) is 5.75 Å². The van der Waals surface area contributed by atoms with Crippen LogP contribution in [0.5, 0.6) is 11.6 Å². The average molecular weight is 368 g/mol. The summed E-state index contributed by atoms with van der Waals surface area (Å²) in [5, 5.41) is 3.51. The van der Waals surface area contributed by atoms with Crippen molar-refractivity contribution < 1.29 is 13.5 Å². The Morgan fingerprint density at radius 1 is 1.17 bits per heavy atom. The van der Waals surface area contributed by atoms with Crippen molar-refractivity contribution >= 4 is 23.5 Å². The Hall–Kier alpha value is -1.31. The SMILES string of the molecule is Fc1ccc(Oc2ncccc2CNC2CSCCSC2)c(F)c1. The first-order valence-electron chi connectivity index (χ1n) is 7.68. The highest BCUT2D eigenvalue weighted by Gasteiger charge is 2.15. The molecule has 3 rings (SSSR count). The van der Waals surface area contributed by atoms with Gasteiger partial charge in [-0.2, -0.15) is 23.5 Å². The van der Waals surface area contributed by atoms with E-state index in [1.807, 2.05) is 35.7 Å². The van der Waals surface area contributed by atoms with Gasteiger partial charge in [0.1, 0.15) is 5.82 Å². The van der Waals surface area contributed by atoms with Gasteiger partial charge in [0.15, 0.2) is 11.6 Å². The van der Waals surface area contributed by atoms with Crippen LogP contribution in [0, 0.1) is 11.6 Å². The lowest BCUT2D eigenvalue weighted by Gasteiger charge is -2.17. The van der Waals surface area contributed by atoms with E-state index in [1.165, 1.54) is 23.6 Å². The number of hydrogen-bond donors (Lipinski definition) is 1. The number of rotatable bonds is 5. The van der Waals surface area contributed by atoms with Gasteiger partial charge in [0, 0.05) is 53.4 Å². The molecule has 0 aliphatic carbocycles. The Bertz CT molecular complexity index is 679. The number of halogens is 2. The average Bonchev–Trinajstić information content (AvgIpc) is 2.85. The molecule has 0 bridgehead atoms. The summed E-state index contributed by atoms with van der Waals surface area (Å²) in [6.45, 7) is 0.595. The molecule has 1 saturated heterocycles. The van der Waals surface area contributed by atoms with E-state index in [0.717, 1.165) is 23.1 Å². The minimum atomic E-state index is -0.740. The number of nitrogens with zero attached hydrogens (tertiary/aromatic N) is 1. The number of nitrogens with one attached hydrogen (secondary N) is 1. The standard InChI is InChI=1S/C17H18F2N2OS2/c18-13-3-4-16(15(19)8-13)22-17-12(2-1-5-20-17)9-21-14-10-23-6-7-24-11-14/h1-5,8,14,21H,6-7,9-11H2. The number of pyridine rings is 1. The van der Waals surface area contributed by atoms with Gasteiger partial charge in [0.05, 0.1) is 0 Å². The molecule has 1 fully saturated rings. The van der Waals surface area contributed by atoms with E-state index in [4.69, 9.17) is 4.74 Å². The quantitative estimate of drug-likeness (QED) is 0.860. The first-order valence-corrected chi connectivity index (χ1v) is 9.99. The molecule has 0 spiro atoms. The zero-order valence-electron chi connectivity index (χ0n) is 13.0.